The van der Waals surface area contributed by atoms with Crippen LogP contribution in [-0.4, -0.2) is 11.0 Å². The number of aryl methyl sites for hydroxylation is 1. The van der Waals surface area contributed by atoms with Crippen molar-refractivity contribution in [3.05, 3.63) is 16.1 Å². The SMILES string of the molecule is CCc1nc(C(C)NC(C)CC)cs1. The zero-order valence-electron chi connectivity index (χ0n) is 9.50. The van der Waals surface area contributed by atoms with E-state index in [0.29, 0.717) is 12.1 Å². The second kappa shape index (κ2) is 5.47. The van der Waals surface area contributed by atoms with Gasteiger partial charge in [0.1, 0.15) is 0 Å². The Kier molecular flexibility index (Phi) is 4.55. The quantitative estimate of drug-likeness (QED) is 0.811. The number of hydrogen-bond acceptors (Lipinski definition) is 3. The molecule has 0 radical (unpaired) electrons. The number of thiazole rings is 1. The summed E-state index contributed by atoms with van der Waals surface area (Å²) in [6.45, 7) is 8.74. The third-order valence-corrected chi connectivity index (χ3v) is 3.47. The normalized spacial score (nSPS) is 15.4. The molecule has 0 saturated heterocycles. The lowest BCUT2D eigenvalue weighted by Crippen LogP contribution is -2.28. The number of hydrogen-bond donors (Lipinski definition) is 1. The molecule has 1 aromatic heterocycles. The fourth-order valence-electron chi connectivity index (χ4n) is 1.32. The van der Waals surface area contributed by atoms with Crippen LogP contribution in [0.1, 0.15) is 50.9 Å². The molecule has 0 amide bonds. The molecule has 1 heterocycles. The van der Waals surface area contributed by atoms with Crippen molar-refractivity contribution < 1.29 is 0 Å². The molecule has 1 N–H and O–H groups in total. The Morgan fingerprint density at radius 3 is 2.64 bits per heavy atom. The topological polar surface area (TPSA) is 24.9 Å². The molecule has 0 aliphatic rings. The van der Waals surface area contributed by atoms with E-state index in [2.05, 4.69) is 43.4 Å². The van der Waals surface area contributed by atoms with Gasteiger partial charge in [0.25, 0.3) is 0 Å². The zero-order chi connectivity index (χ0) is 10.6. The van der Waals surface area contributed by atoms with Crippen molar-refractivity contribution >= 4 is 11.3 Å². The Hall–Kier alpha value is -0.410. The van der Waals surface area contributed by atoms with Crippen molar-refractivity contribution in [3.63, 3.8) is 0 Å². The lowest BCUT2D eigenvalue weighted by Gasteiger charge is -2.16. The molecule has 0 fully saturated rings. The average Bonchev–Trinajstić information content (AvgIpc) is 2.65. The highest BCUT2D eigenvalue weighted by atomic mass is 32.1. The molecule has 80 valence electrons. The summed E-state index contributed by atoms with van der Waals surface area (Å²) in [5.41, 5.74) is 1.19. The molecule has 14 heavy (non-hydrogen) atoms. The number of aromatic nitrogens is 1. The predicted octanol–water partition coefficient (Wildman–Crippen LogP) is 3.15. The highest BCUT2D eigenvalue weighted by Crippen LogP contribution is 2.17. The van der Waals surface area contributed by atoms with Gasteiger partial charge >= 0.3 is 0 Å². The van der Waals surface area contributed by atoms with Crippen LogP contribution in [0.15, 0.2) is 5.38 Å². The number of nitrogens with one attached hydrogen (secondary N) is 1. The summed E-state index contributed by atoms with van der Waals surface area (Å²) in [5.74, 6) is 0. The second-order valence-electron chi connectivity index (χ2n) is 3.72. The largest absolute Gasteiger partial charge is 0.306 e. The molecule has 3 heteroatoms. The fourth-order valence-corrected chi connectivity index (χ4v) is 2.15. The summed E-state index contributed by atoms with van der Waals surface area (Å²) in [7, 11) is 0. The van der Waals surface area contributed by atoms with Crippen LogP contribution in [0, 0.1) is 0 Å². The minimum atomic E-state index is 0.376. The first-order valence-electron chi connectivity index (χ1n) is 5.37. The van der Waals surface area contributed by atoms with Crippen LogP contribution in [0.25, 0.3) is 0 Å². The fraction of sp³-hybridized carbons (Fsp3) is 0.727. The maximum atomic E-state index is 4.57. The Morgan fingerprint density at radius 2 is 2.14 bits per heavy atom. The molecular weight excluding hydrogens is 192 g/mol. The van der Waals surface area contributed by atoms with E-state index in [1.807, 2.05) is 0 Å². The molecule has 0 aromatic carbocycles. The Morgan fingerprint density at radius 1 is 1.43 bits per heavy atom. The highest BCUT2D eigenvalue weighted by Gasteiger charge is 2.10. The molecule has 1 rings (SSSR count). The molecule has 1 aromatic rings. The minimum absolute atomic E-state index is 0.376. The van der Waals surface area contributed by atoms with Gasteiger partial charge in [-0.15, -0.1) is 11.3 Å². The Labute approximate surface area is 90.8 Å². The first kappa shape index (κ1) is 11.7. The van der Waals surface area contributed by atoms with Crippen LogP contribution < -0.4 is 5.32 Å². The molecule has 0 spiro atoms. The Balaban J connectivity index is 2.55. The van der Waals surface area contributed by atoms with Crippen LogP contribution in [0.5, 0.6) is 0 Å². The summed E-state index contributed by atoms with van der Waals surface area (Å²) in [6, 6.07) is 0.943. The lowest BCUT2D eigenvalue weighted by molar-refractivity contribution is 0.463. The van der Waals surface area contributed by atoms with Crippen molar-refractivity contribution in [2.24, 2.45) is 0 Å². The van der Waals surface area contributed by atoms with Crippen molar-refractivity contribution in [2.75, 3.05) is 0 Å². The van der Waals surface area contributed by atoms with Gasteiger partial charge < -0.3 is 5.32 Å². The maximum absolute atomic E-state index is 4.57. The van der Waals surface area contributed by atoms with Crippen molar-refractivity contribution in [1.29, 1.82) is 0 Å². The first-order chi connectivity index (χ1) is 6.67. The zero-order valence-corrected chi connectivity index (χ0v) is 10.3. The van der Waals surface area contributed by atoms with E-state index in [-0.39, 0.29) is 0 Å². The van der Waals surface area contributed by atoms with Crippen molar-refractivity contribution in [2.45, 2.75) is 52.6 Å². The summed E-state index contributed by atoms with van der Waals surface area (Å²) >= 11 is 1.76. The highest BCUT2D eigenvalue weighted by molar-refractivity contribution is 7.09. The molecule has 2 nitrogen and oxygen atoms in total. The van der Waals surface area contributed by atoms with Gasteiger partial charge in [0.15, 0.2) is 0 Å². The first-order valence-corrected chi connectivity index (χ1v) is 6.25. The van der Waals surface area contributed by atoms with E-state index >= 15 is 0 Å². The number of rotatable bonds is 5. The van der Waals surface area contributed by atoms with Crippen LogP contribution in [0.4, 0.5) is 0 Å². The monoisotopic (exact) mass is 212 g/mol. The second-order valence-corrected chi connectivity index (χ2v) is 4.66. The van der Waals surface area contributed by atoms with Crippen LogP contribution in [0.3, 0.4) is 0 Å². The summed E-state index contributed by atoms with van der Waals surface area (Å²) < 4.78 is 0. The molecule has 0 aliphatic heterocycles. The third kappa shape index (κ3) is 3.07. The van der Waals surface area contributed by atoms with E-state index in [4.69, 9.17) is 0 Å². The van der Waals surface area contributed by atoms with Gasteiger partial charge in [-0.1, -0.05) is 13.8 Å². The smallest absolute Gasteiger partial charge is 0.0926 e. The van der Waals surface area contributed by atoms with E-state index < -0.39 is 0 Å². The standard InChI is InChI=1S/C11H20N2S/c1-5-8(3)12-9(4)10-7-14-11(6-2)13-10/h7-9,12H,5-6H2,1-4H3. The summed E-state index contributed by atoms with van der Waals surface area (Å²) in [4.78, 5) is 4.57. The van der Waals surface area contributed by atoms with E-state index in [0.717, 1.165) is 12.8 Å². The van der Waals surface area contributed by atoms with Gasteiger partial charge in [0, 0.05) is 17.5 Å². The van der Waals surface area contributed by atoms with Crippen LogP contribution >= 0.6 is 11.3 Å². The number of nitrogens with zero attached hydrogens (tertiary/aromatic N) is 1. The van der Waals surface area contributed by atoms with E-state index in [1.165, 1.54) is 10.7 Å². The molecular formula is C11H20N2S. The van der Waals surface area contributed by atoms with Crippen molar-refractivity contribution in [3.8, 4) is 0 Å². The van der Waals surface area contributed by atoms with Crippen LogP contribution in [-0.2, 0) is 6.42 Å². The molecule has 0 bridgehead atoms. The van der Waals surface area contributed by atoms with Gasteiger partial charge in [-0.2, -0.15) is 0 Å². The lowest BCUT2D eigenvalue weighted by atomic mass is 10.2. The van der Waals surface area contributed by atoms with Gasteiger partial charge in [0.2, 0.25) is 0 Å². The minimum Gasteiger partial charge on any atom is -0.306 e. The van der Waals surface area contributed by atoms with Gasteiger partial charge in [0.05, 0.1) is 10.7 Å². The third-order valence-electron chi connectivity index (χ3n) is 2.46. The van der Waals surface area contributed by atoms with Gasteiger partial charge in [-0.25, -0.2) is 4.98 Å². The molecule has 0 saturated carbocycles. The summed E-state index contributed by atoms with van der Waals surface area (Å²) in [5, 5.41) is 6.93. The van der Waals surface area contributed by atoms with E-state index in [1.54, 1.807) is 11.3 Å². The van der Waals surface area contributed by atoms with Crippen LogP contribution in [0.2, 0.25) is 0 Å². The molecule has 2 atom stereocenters. The van der Waals surface area contributed by atoms with Crippen molar-refractivity contribution in [1.82, 2.24) is 10.3 Å². The maximum Gasteiger partial charge on any atom is 0.0926 e. The molecule has 2 unspecified atom stereocenters. The summed E-state index contributed by atoms with van der Waals surface area (Å²) in [6.07, 6.45) is 2.20. The van der Waals surface area contributed by atoms with E-state index in [9.17, 15) is 0 Å². The van der Waals surface area contributed by atoms with Gasteiger partial charge in [-0.05, 0) is 26.7 Å². The predicted molar refractivity (Wildman–Crippen MR) is 62.8 cm³/mol. The average molecular weight is 212 g/mol. The Bertz CT molecular complexity index is 270. The molecule has 0 aliphatic carbocycles. The van der Waals surface area contributed by atoms with Gasteiger partial charge in [-0.3, -0.25) is 0 Å².